The van der Waals surface area contributed by atoms with Crippen molar-refractivity contribution in [2.45, 2.75) is 25.7 Å². The summed E-state index contributed by atoms with van der Waals surface area (Å²) in [6.45, 7) is 0. The maximum absolute atomic E-state index is 4.63. The van der Waals surface area contributed by atoms with Gasteiger partial charge in [0.25, 0.3) is 0 Å². The summed E-state index contributed by atoms with van der Waals surface area (Å²) in [6.07, 6.45) is 11.6. The largest absolute Gasteiger partial charge is 3.00 e. The Labute approximate surface area is 291 Å². The van der Waals surface area contributed by atoms with Crippen molar-refractivity contribution >= 4 is 0 Å². The van der Waals surface area contributed by atoms with E-state index in [0.717, 1.165) is 59.6 Å². The molecule has 47 heavy (non-hydrogen) atoms. The molecule has 3 aromatic heterocycles. The summed E-state index contributed by atoms with van der Waals surface area (Å²) in [7, 11) is 2.01. The van der Waals surface area contributed by atoms with E-state index in [4.69, 9.17) is 0 Å². The quantitative estimate of drug-likeness (QED) is 0.138. The second-order valence-corrected chi connectivity index (χ2v) is 11.1. The number of pyridine rings is 2. The van der Waals surface area contributed by atoms with Gasteiger partial charge in [-0.05, 0) is 53.4 Å². The predicted molar refractivity (Wildman–Crippen MR) is 186 cm³/mol. The Hall–Kier alpha value is -4.96. The monoisotopic (exact) mass is 788 g/mol. The SMILES string of the molecule is Cn1ccnc1-c1[c-]cc(CCc2cccc(CCc3ccc(-c4[c-]cccc4)nc3)c2)cc1.[Ir+3].[c-]1ccccc1-c1ccccn1. The summed E-state index contributed by atoms with van der Waals surface area (Å²) in [5.41, 5.74) is 10.3. The van der Waals surface area contributed by atoms with Crippen molar-refractivity contribution in [3.05, 3.63) is 187 Å². The molecule has 0 radical (unpaired) electrons. The minimum atomic E-state index is 0. The molecular formula is C42H35IrN4. The van der Waals surface area contributed by atoms with E-state index in [1.54, 1.807) is 6.20 Å². The summed E-state index contributed by atoms with van der Waals surface area (Å²) in [5.74, 6) is 0.947. The molecule has 0 spiro atoms. The molecule has 0 saturated heterocycles. The Balaban J connectivity index is 0.000000280. The van der Waals surface area contributed by atoms with Gasteiger partial charge in [-0.15, -0.1) is 107 Å². The van der Waals surface area contributed by atoms with Gasteiger partial charge in [-0.3, -0.25) is 4.98 Å². The normalized spacial score (nSPS) is 10.4. The van der Waals surface area contributed by atoms with E-state index in [-0.39, 0.29) is 20.1 Å². The first-order chi connectivity index (χ1) is 22.7. The van der Waals surface area contributed by atoms with Gasteiger partial charge in [0.2, 0.25) is 0 Å². The molecule has 0 unspecified atom stereocenters. The van der Waals surface area contributed by atoms with Crippen molar-refractivity contribution in [1.82, 2.24) is 19.5 Å². The summed E-state index contributed by atoms with van der Waals surface area (Å²) in [5, 5.41) is 0. The van der Waals surface area contributed by atoms with Crippen LogP contribution in [0.25, 0.3) is 33.9 Å². The van der Waals surface area contributed by atoms with Crippen molar-refractivity contribution in [1.29, 1.82) is 0 Å². The summed E-state index contributed by atoms with van der Waals surface area (Å²) < 4.78 is 2.02. The maximum atomic E-state index is 4.63. The molecule has 0 saturated carbocycles. The minimum absolute atomic E-state index is 0. The molecule has 7 rings (SSSR count). The van der Waals surface area contributed by atoms with Gasteiger partial charge in [-0.25, -0.2) is 0 Å². The third kappa shape index (κ3) is 9.52. The first-order valence-corrected chi connectivity index (χ1v) is 15.6. The number of imidazole rings is 1. The number of aromatic nitrogens is 4. The first kappa shape index (κ1) is 33.4. The molecule has 0 atom stereocenters. The summed E-state index contributed by atoms with van der Waals surface area (Å²) >= 11 is 0. The Bertz CT molecular complexity index is 1880. The van der Waals surface area contributed by atoms with Crippen molar-refractivity contribution in [2.24, 2.45) is 7.05 Å². The predicted octanol–water partition coefficient (Wildman–Crippen LogP) is 8.87. The molecule has 0 fully saturated rings. The van der Waals surface area contributed by atoms with Crippen molar-refractivity contribution in [3.8, 4) is 33.9 Å². The molecule has 5 heteroatoms. The zero-order valence-electron chi connectivity index (χ0n) is 26.3. The van der Waals surface area contributed by atoms with Crippen molar-refractivity contribution in [2.75, 3.05) is 0 Å². The van der Waals surface area contributed by atoms with Gasteiger partial charge in [-0.1, -0.05) is 55.0 Å². The van der Waals surface area contributed by atoms with E-state index in [1.807, 2.05) is 96.9 Å². The molecule has 0 aliphatic heterocycles. The molecule has 0 amide bonds. The second-order valence-electron chi connectivity index (χ2n) is 11.1. The fraction of sp³-hybridized carbons (Fsp3) is 0.119. The molecular weight excluding hydrogens is 753 g/mol. The smallest absolute Gasteiger partial charge is 0.373 e. The zero-order valence-corrected chi connectivity index (χ0v) is 28.7. The van der Waals surface area contributed by atoms with E-state index in [1.165, 1.54) is 22.3 Å². The molecule has 3 heterocycles. The molecule has 7 aromatic rings. The van der Waals surface area contributed by atoms with E-state index < -0.39 is 0 Å². The number of aryl methyl sites for hydroxylation is 5. The second kappa shape index (κ2) is 17.1. The van der Waals surface area contributed by atoms with Crippen LogP contribution < -0.4 is 0 Å². The number of nitrogens with zero attached hydrogens (tertiary/aromatic N) is 4. The Morgan fingerprint density at radius 2 is 1.19 bits per heavy atom. The fourth-order valence-electron chi connectivity index (χ4n) is 5.25. The third-order valence-corrected chi connectivity index (χ3v) is 7.79. The number of rotatable bonds is 9. The fourth-order valence-corrected chi connectivity index (χ4v) is 5.25. The average molecular weight is 788 g/mol. The van der Waals surface area contributed by atoms with Gasteiger partial charge in [0, 0.05) is 31.8 Å². The van der Waals surface area contributed by atoms with Crippen LogP contribution in [0.3, 0.4) is 0 Å². The van der Waals surface area contributed by atoms with Crippen LogP contribution in [0.4, 0.5) is 0 Å². The molecule has 0 bridgehead atoms. The van der Waals surface area contributed by atoms with Gasteiger partial charge < -0.3 is 14.5 Å². The van der Waals surface area contributed by atoms with Gasteiger partial charge in [0.1, 0.15) is 0 Å². The first-order valence-electron chi connectivity index (χ1n) is 15.6. The Morgan fingerprint density at radius 1 is 0.532 bits per heavy atom. The molecule has 0 aliphatic carbocycles. The van der Waals surface area contributed by atoms with Crippen LogP contribution in [0.1, 0.15) is 22.3 Å². The zero-order chi connectivity index (χ0) is 31.4. The van der Waals surface area contributed by atoms with Gasteiger partial charge in [-0.2, -0.15) is 0 Å². The van der Waals surface area contributed by atoms with Gasteiger partial charge in [0.05, 0.1) is 5.82 Å². The Morgan fingerprint density at radius 3 is 1.74 bits per heavy atom. The topological polar surface area (TPSA) is 43.6 Å². The minimum Gasteiger partial charge on any atom is -0.373 e. The van der Waals surface area contributed by atoms with Crippen LogP contribution >= 0.6 is 0 Å². The molecule has 0 aliphatic rings. The van der Waals surface area contributed by atoms with Crippen molar-refractivity contribution in [3.63, 3.8) is 0 Å². The van der Waals surface area contributed by atoms with Gasteiger partial charge in [0.15, 0.2) is 0 Å². The van der Waals surface area contributed by atoms with E-state index in [0.29, 0.717) is 0 Å². The number of hydrogen-bond acceptors (Lipinski definition) is 3. The maximum Gasteiger partial charge on any atom is 3.00 e. The molecule has 0 N–H and O–H groups in total. The van der Waals surface area contributed by atoms with Crippen LogP contribution in [-0.4, -0.2) is 19.5 Å². The van der Waals surface area contributed by atoms with Gasteiger partial charge >= 0.3 is 20.1 Å². The molecule has 4 nitrogen and oxygen atoms in total. The van der Waals surface area contributed by atoms with Crippen LogP contribution in [0.5, 0.6) is 0 Å². The standard InChI is InChI=1S/C31H27N3.C11H8N.Ir/c1-34-21-20-32-31(34)29-17-14-24(15-18-29)10-11-25-6-5-7-26(22-25)12-13-27-16-19-30(33-23-27)28-8-3-2-4-9-28;1-2-6-10(7-3-1)11-8-4-5-9-12-11;/h2-8,14-17,19-23H,10-13H2,1H3;1-6,8-9H;/q-2;-1;+3. The van der Waals surface area contributed by atoms with Crippen molar-refractivity contribution < 1.29 is 20.1 Å². The molecule has 4 aromatic carbocycles. The summed E-state index contributed by atoms with van der Waals surface area (Å²) in [4.78, 5) is 13.2. The Kier molecular flexibility index (Phi) is 12.1. The number of hydrogen-bond donors (Lipinski definition) is 0. The number of benzene rings is 4. The van der Waals surface area contributed by atoms with Crippen LogP contribution in [0, 0.1) is 18.2 Å². The van der Waals surface area contributed by atoms with E-state index in [9.17, 15) is 0 Å². The van der Waals surface area contributed by atoms with Crippen LogP contribution in [0.2, 0.25) is 0 Å². The van der Waals surface area contributed by atoms with E-state index >= 15 is 0 Å². The third-order valence-electron chi connectivity index (χ3n) is 7.79. The summed E-state index contributed by atoms with van der Waals surface area (Å²) in [6, 6.07) is 51.0. The average Bonchev–Trinajstić information content (AvgIpc) is 3.57. The van der Waals surface area contributed by atoms with Crippen LogP contribution in [0.15, 0.2) is 146 Å². The van der Waals surface area contributed by atoms with E-state index in [2.05, 4.69) is 87.7 Å². The van der Waals surface area contributed by atoms with Crippen LogP contribution in [-0.2, 0) is 52.8 Å². The molecule has 232 valence electrons.